The van der Waals surface area contributed by atoms with E-state index in [1.54, 1.807) is 5.57 Å². The summed E-state index contributed by atoms with van der Waals surface area (Å²) < 4.78 is 0. The summed E-state index contributed by atoms with van der Waals surface area (Å²) in [6.45, 7) is 5.54. The number of aliphatic imine (C=N–C) groups is 1. The van der Waals surface area contributed by atoms with Crippen LogP contribution in [0.1, 0.15) is 58.8 Å². The van der Waals surface area contributed by atoms with Gasteiger partial charge in [0.15, 0.2) is 11.7 Å². The lowest BCUT2D eigenvalue weighted by Gasteiger charge is -2.55. The largest absolute Gasteiger partial charge is 0.370 e. The summed E-state index contributed by atoms with van der Waals surface area (Å²) in [6.07, 6.45) is 12.3. The number of nitrogens with two attached hydrogens (primary N) is 2. The van der Waals surface area contributed by atoms with Crippen LogP contribution in [0.2, 0.25) is 0 Å². The van der Waals surface area contributed by atoms with Crippen LogP contribution in [0, 0.1) is 28.6 Å². The fraction of sp³-hybridized carbons (Fsp3) is 0.714. The molecule has 4 nitrogen and oxygen atoms in total. The molecule has 0 aromatic heterocycles. The molecule has 0 heterocycles. The molecule has 0 aromatic carbocycles. The zero-order valence-electron chi connectivity index (χ0n) is 15.6. The third-order valence-corrected chi connectivity index (χ3v) is 7.86. The van der Waals surface area contributed by atoms with E-state index in [0.717, 1.165) is 38.0 Å². The Morgan fingerprint density at radius 1 is 1.24 bits per heavy atom. The molecule has 4 rings (SSSR count). The van der Waals surface area contributed by atoms with Gasteiger partial charge in [-0.25, -0.2) is 0 Å². The first-order valence-electron chi connectivity index (χ1n) is 9.89. The molecule has 136 valence electrons. The van der Waals surface area contributed by atoms with E-state index in [0.29, 0.717) is 18.2 Å². The summed E-state index contributed by atoms with van der Waals surface area (Å²) in [5.74, 6) is 2.09. The number of rotatable bonds is 5. The second-order valence-corrected chi connectivity index (χ2v) is 8.99. The molecule has 4 N–H and O–H groups in total. The average Bonchev–Trinajstić information content (AvgIpc) is 2.83. The molecule has 0 aliphatic heterocycles. The minimum atomic E-state index is 0.106. The van der Waals surface area contributed by atoms with E-state index in [9.17, 15) is 4.79 Å². The number of ketones is 1. The van der Waals surface area contributed by atoms with Gasteiger partial charge < -0.3 is 11.5 Å². The quantitative estimate of drug-likeness (QED) is 0.348. The normalized spacial score (nSPS) is 37.4. The SMILES string of the molecule is CC1(C)[C@@H]2CC[C@H]3CC=C[C@H]4C(=O)C(CCCCN=C(N)N)=C(C2)[C@@]341. The molecule has 4 aliphatic carbocycles. The van der Waals surface area contributed by atoms with Crippen LogP contribution in [0.4, 0.5) is 0 Å². The summed E-state index contributed by atoms with van der Waals surface area (Å²) in [7, 11) is 0. The predicted molar refractivity (Wildman–Crippen MR) is 101 cm³/mol. The number of nitrogens with zero attached hydrogens (tertiary/aromatic N) is 1. The highest BCUT2D eigenvalue weighted by atomic mass is 16.1. The molecular formula is C21H31N3O. The van der Waals surface area contributed by atoms with Crippen molar-refractivity contribution in [1.29, 1.82) is 0 Å². The van der Waals surface area contributed by atoms with Crippen molar-refractivity contribution in [1.82, 2.24) is 0 Å². The molecule has 4 atom stereocenters. The highest BCUT2D eigenvalue weighted by molar-refractivity contribution is 6.04. The Bertz CT molecular complexity index is 683. The van der Waals surface area contributed by atoms with Crippen molar-refractivity contribution < 1.29 is 4.79 Å². The Morgan fingerprint density at radius 2 is 2.00 bits per heavy atom. The zero-order valence-corrected chi connectivity index (χ0v) is 15.6. The molecule has 0 aromatic rings. The number of unbranched alkanes of at least 4 members (excludes halogenated alkanes) is 1. The number of fused-ring (bicyclic) bond motifs is 1. The first-order chi connectivity index (χ1) is 11.9. The molecule has 4 aliphatic rings. The number of hydrogen-bond donors (Lipinski definition) is 2. The summed E-state index contributed by atoms with van der Waals surface area (Å²) in [5, 5.41) is 0. The van der Waals surface area contributed by atoms with E-state index >= 15 is 0 Å². The van der Waals surface area contributed by atoms with Gasteiger partial charge in [-0.05, 0) is 67.8 Å². The van der Waals surface area contributed by atoms with E-state index in [2.05, 4.69) is 31.0 Å². The predicted octanol–water partition coefficient (Wildman–Crippen LogP) is 3.33. The lowest BCUT2D eigenvalue weighted by molar-refractivity contribution is -0.126. The molecule has 2 saturated carbocycles. The van der Waals surface area contributed by atoms with Gasteiger partial charge in [0, 0.05) is 12.0 Å². The van der Waals surface area contributed by atoms with Crippen molar-refractivity contribution in [3.63, 3.8) is 0 Å². The van der Waals surface area contributed by atoms with Crippen LogP contribution in [-0.2, 0) is 4.79 Å². The number of carbonyl (C=O) groups is 1. The van der Waals surface area contributed by atoms with Crippen molar-refractivity contribution in [3.05, 3.63) is 23.3 Å². The van der Waals surface area contributed by atoms with Crippen LogP contribution < -0.4 is 11.5 Å². The van der Waals surface area contributed by atoms with E-state index < -0.39 is 0 Å². The van der Waals surface area contributed by atoms with Crippen LogP contribution in [-0.4, -0.2) is 18.3 Å². The topological polar surface area (TPSA) is 81.5 Å². The van der Waals surface area contributed by atoms with Crippen LogP contribution >= 0.6 is 0 Å². The molecule has 1 spiro atoms. The third kappa shape index (κ3) is 2.12. The van der Waals surface area contributed by atoms with E-state index in [4.69, 9.17) is 11.5 Å². The Morgan fingerprint density at radius 3 is 2.76 bits per heavy atom. The van der Waals surface area contributed by atoms with Gasteiger partial charge >= 0.3 is 0 Å². The molecule has 25 heavy (non-hydrogen) atoms. The second kappa shape index (κ2) is 5.72. The fourth-order valence-electron chi connectivity index (χ4n) is 6.84. The molecule has 0 unspecified atom stereocenters. The molecular weight excluding hydrogens is 310 g/mol. The van der Waals surface area contributed by atoms with Crippen LogP contribution in [0.15, 0.2) is 28.3 Å². The van der Waals surface area contributed by atoms with E-state index in [1.165, 1.54) is 18.4 Å². The molecule has 0 amide bonds. The lowest BCUT2D eigenvalue weighted by Crippen LogP contribution is -2.51. The Hall–Kier alpha value is -1.58. The summed E-state index contributed by atoms with van der Waals surface area (Å²) >= 11 is 0. The summed E-state index contributed by atoms with van der Waals surface area (Å²) in [6, 6.07) is 0. The number of carbonyl (C=O) groups excluding carboxylic acids is 1. The number of guanidine groups is 1. The van der Waals surface area contributed by atoms with Gasteiger partial charge in [-0.3, -0.25) is 9.79 Å². The summed E-state index contributed by atoms with van der Waals surface area (Å²) in [5.41, 5.74) is 13.9. The van der Waals surface area contributed by atoms with Crippen LogP contribution in [0.5, 0.6) is 0 Å². The molecule has 0 radical (unpaired) electrons. The highest BCUT2D eigenvalue weighted by Crippen LogP contribution is 2.75. The first-order valence-corrected chi connectivity index (χ1v) is 9.89. The van der Waals surface area contributed by atoms with Gasteiger partial charge in [0.05, 0.1) is 5.92 Å². The van der Waals surface area contributed by atoms with Crippen LogP contribution in [0.25, 0.3) is 0 Å². The van der Waals surface area contributed by atoms with Gasteiger partial charge in [-0.1, -0.05) is 31.6 Å². The molecule has 0 saturated heterocycles. The Kier molecular flexibility index (Phi) is 3.86. The molecule has 4 heteroatoms. The van der Waals surface area contributed by atoms with Gasteiger partial charge in [0.25, 0.3) is 0 Å². The second-order valence-electron chi connectivity index (χ2n) is 8.99. The molecule has 2 fully saturated rings. The van der Waals surface area contributed by atoms with E-state index in [-0.39, 0.29) is 22.7 Å². The summed E-state index contributed by atoms with van der Waals surface area (Å²) in [4.78, 5) is 17.4. The Balaban J connectivity index is 1.64. The van der Waals surface area contributed by atoms with Gasteiger partial charge in [0.2, 0.25) is 0 Å². The maximum atomic E-state index is 13.3. The molecule has 2 bridgehead atoms. The van der Waals surface area contributed by atoms with Crippen molar-refractivity contribution in [2.24, 2.45) is 45.0 Å². The number of hydrogen-bond acceptors (Lipinski definition) is 2. The highest BCUT2D eigenvalue weighted by Gasteiger charge is 2.70. The maximum absolute atomic E-state index is 13.3. The zero-order chi connectivity index (χ0) is 17.8. The Labute approximate surface area is 150 Å². The van der Waals surface area contributed by atoms with Gasteiger partial charge in [0.1, 0.15) is 0 Å². The standard InChI is InChI=1S/C21H31N3O/c1-20(2)14-10-9-13-6-5-8-16-18(25)15(17(12-14)21(13,16)20)7-3-4-11-24-19(22)23/h5,8,13-14,16H,3-4,6-7,9-12H2,1-2H3,(H4,22,23,24)/t13-,14-,16+,21-/m1/s1. The van der Waals surface area contributed by atoms with Crippen molar-refractivity contribution >= 4 is 11.7 Å². The smallest absolute Gasteiger partial charge is 0.185 e. The van der Waals surface area contributed by atoms with Gasteiger partial charge in [-0.2, -0.15) is 0 Å². The third-order valence-electron chi connectivity index (χ3n) is 7.86. The number of allylic oxidation sites excluding steroid dienone is 4. The minimum Gasteiger partial charge on any atom is -0.370 e. The minimum absolute atomic E-state index is 0.106. The van der Waals surface area contributed by atoms with Crippen LogP contribution in [0.3, 0.4) is 0 Å². The maximum Gasteiger partial charge on any atom is 0.185 e. The average molecular weight is 341 g/mol. The fourth-order valence-corrected chi connectivity index (χ4v) is 6.84. The monoisotopic (exact) mass is 341 g/mol. The lowest BCUT2D eigenvalue weighted by atomic mass is 9.47. The van der Waals surface area contributed by atoms with E-state index in [1.807, 2.05) is 0 Å². The van der Waals surface area contributed by atoms with Crippen molar-refractivity contribution in [2.45, 2.75) is 58.8 Å². The van der Waals surface area contributed by atoms with Crippen molar-refractivity contribution in [2.75, 3.05) is 6.54 Å². The first kappa shape index (κ1) is 16.9. The van der Waals surface area contributed by atoms with Gasteiger partial charge in [-0.15, -0.1) is 0 Å². The number of Topliss-reactive ketones (excluding diaryl/α,β-unsaturated/α-hetero) is 1. The van der Waals surface area contributed by atoms with Crippen molar-refractivity contribution in [3.8, 4) is 0 Å².